The van der Waals surface area contributed by atoms with E-state index in [1.807, 2.05) is 72.8 Å². The first-order chi connectivity index (χ1) is 27.8. The minimum atomic E-state index is 0.611. The Morgan fingerprint density at radius 3 is 1.21 bits per heavy atom. The van der Waals surface area contributed by atoms with Gasteiger partial charge in [0.1, 0.15) is 11.2 Å². The van der Waals surface area contributed by atoms with Crippen LogP contribution >= 0.6 is 0 Å². The van der Waals surface area contributed by atoms with Crippen molar-refractivity contribution in [2.24, 2.45) is 0 Å². The van der Waals surface area contributed by atoms with Gasteiger partial charge in [-0.15, -0.1) is 0 Å². The average Bonchev–Trinajstić information content (AvgIpc) is 3.67. The van der Waals surface area contributed by atoms with Crippen molar-refractivity contribution in [3.05, 3.63) is 206 Å². The van der Waals surface area contributed by atoms with Crippen LogP contribution in [0.1, 0.15) is 0 Å². The number of hydrogen-bond donors (Lipinski definition) is 0. The van der Waals surface area contributed by atoms with Crippen molar-refractivity contribution in [1.29, 1.82) is 0 Å². The summed E-state index contributed by atoms with van der Waals surface area (Å²) in [6.07, 6.45) is 0. The maximum Gasteiger partial charge on any atom is 0.164 e. The molecule has 0 unspecified atom stereocenters. The molecule has 2 heterocycles. The molecule has 0 aliphatic carbocycles. The monoisotopic (exact) mass is 718 g/mol. The Balaban J connectivity index is 1.05. The van der Waals surface area contributed by atoms with Gasteiger partial charge < -0.3 is 9.32 Å². The van der Waals surface area contributed by atoms with Gasteiger partial charge >= 0.3 is 0 Å². The normalized spacial score (nSPS) is 11.2. The highest BCUT2D eigenvalue weighted by Gasteiger charge is 2.18. The molecular formula is C51H34N4O. The van der Waals surface area contributed by atoms with Gasteiger partial charge in [0.25, 0.3) is 0 Å². The number of furan rings is 1. The van der Waals surface area contributed by atoms with Gasteiger partial charge in [-0.2, -0.15) is 0 Å². The number of rotatable bonds is 8. The van der Waals surface area contributed by atoms with Crippen molar-refractivity contribution >= 4 is 39.0 Å². The number of nitrogens with zero attached hydrogens (tertiary/aromatic N) is 4. The lowest BCUT2D eigenvalue weighted by Gasteiger charge is -2.25. The van der Waals surface area contributed by atoms with E-state index in [2.05, 4.69) is 138 Å². The maximum atomic E-state index is 6.89. The van der Waals surface area contributed by atoms with E-state index in [-0.39, 0.29) is 0 Å². The Morgan fingerprint density at radius 1 is 0.304 bits per heavy atom. The summed E-state index contributed by atoms with van der Waals surface area (Å²) in [5.74, 6) is 1.88. The predicted octanol–water partition coefficient (Wildman–Crippen LogP) is 13.6. The first-order valence-corrected chi connectivity index (χ1v) is 18.7. The molecule has 0 aliphatic rings. The van der Waals surface area contributed by atoms with Crippen LogP contribution < -0.4 is 4.90 Å². The van der Waals surface area contributed by atoms with E-state index in [1.165, 1.54) is 0 Å². The fourth-order valence-electron chi connectivity index (χ4n) is 7.43. The van der Waals surface area contributed by atoms with Crippen molar-refractivity contribution < 1.29 is 4.42 Å². The third kappa shape index (κ3) is 6.17. The van der Waals surface area contributed by atoms with Crippen LogP contribution in [-0.2, 0) is 0 Å². The van der Waals surface area contributed by atoms with Crippen LogP contribution in [0.4, 0.5) is 17.1 Å². The lowest BCUT2D eigenvalue weighted by molar-refractivity contribution is 0.671. The predicted molar refractivity (Wildman–Crippen MR) is 229 cm³/mol. The summed E-state index contributed by atoms with van der Waals surface area (Å²) in [5, 5.41) is 2.14. The summed E-state index contributed by atoms with van der Waals surface area (Å²) in [6, 6.07) is 70.9. The molecule has 5 nitrogen and oxygen atoms in total. The van der Waals surface area contributed by atoms with Gasteiger partial charge in [-0.1, -0.05) is 164 Å². The molecule has 56 heavy (non-hydrogen) atoms. The summed E-state index contributed by atoms with van der Waals surface area (Å²) < 4.78 is 6.89. The van der Waals surface area contributed by atoms with E-state index >= 15 is 0 Å². The van der Waals surface area contributed by atoms with Crippen molar-refractivity contribution in [3.8, 4) is 56.4 Å². The SMILES string of the molecule is c1ccc(-c2nc(-c3ccccc3)nc(-c3cccc(-c4cccc5c4oc4c(-c6ccc(N(c7ccccc7)c7ccccc7)cc6)cccc45)c3)n2)cc1. The number of benzene rings is 8. The Bertz CT molecular complexity index is 2850. The lowest BCUT2D eigenvalue weighted by Crippen LogP contribution is -2.09. The summed E-state index contributed by atoms with van der Waals surface area (Å²) >= 11 is 0. The third-order valence-electron chi connectivity index (χ3n) is 10.1. The molecule has 0 N–H and O–H groups in total. The van der Waals surface area contributed by atoms with Crippen LogP contribution in [0.25, 0.3) is 78.4 Å². The van der Waals surface area contributed by atoms with Gasteiger partial charge in [-0.05, 0) is 53.6 Å². The maximum absolute atomic E-state index is 6.89. The molecule has 0 saturated carbocycles. The standard InChI is InChI=1S/C51H34N4O/c1-5-16-36(17-6-1)49-52-50(37-18-7-2-8-19-37)54-51(53-49)39-21-13-20-38(34-39)44-27-15-29-46-45-28-14-26-43(47(45)56-48(44)46)35-30-32-42(33-31-35)55(40-22-9-3-10-23-40)41-24-11-4-12-25-41/h1-34H. The second kappa shape index (κ2) is 14.3. The molecule has 0 bridgehead atoms. The first kappa shape index (κ1) is 33.0. The minimum absolute atomic E-state index is 0.611. The fraction of sp³-hybridized carbons (Fsp3) is 0. The Kier molecular flexibility index (Phi) is 8.43. The quantitative estimate of drug-likeness (QED) is 0.157. The lowest BCUT2D eigenvalue weighted by atomic mass is 9.99. The van der Waals surface area contributed by atoms with Crippen LogP contribution in [0.5, 0.6) is 0 Å². The zero-order chi connectivity index (χ0) is 37.3. The molecule has 0 atom stereocenters. The molecular weight excluding hydrogens is 685 g/mol. The third-order valence-corrected chi connectivity index (χ3v) is 10.1. The zero-order valence-electron chi connectivity index (χ0n) is 30.3. The molecule has 10 rings (SSSR count). The zero-order valence-corrected chi connectivity index (χ0v) is 30.3. The molecule has 264 valence electrons. The molecule has 2 aromatic heterocycles. The first-order valence-electron chi connectivity index (χ1n) is 18.7. The van der Waals surface area contributed by atoms with Crippen molar-refractivity contribution in [3.63, 3.8) is 0 Å². The van der Waals surface area contributed by atoms with Gasteiger partial charge in [0.2, 0.25) is 0 Å². The van der Waals surface area contributed by atoms with Crippen LogP contribution in [0.2, 0.25) is 0 Å². The summed E-state index contributed by atoms with van der Waals surface area (Å²) in [5.41, 5.74) is 11.9. The Labute approximate surface area is 324 Å². The van der Waals surface area contributed by atoms with Crippen molar-refractivity contribution in [2.45, 2.75) is 0 Å². The topological polar surface area (TPSA) is 55.1 Å². The van der Waals surface area contributed by atoms with E-state index in [9.17, 15) is 0 Å². The number of anilines is 3. The molecule has 0 amide bonds. The fourth-order valence-corrected chi connectivity index (χ4v) is 7.43. The molecule has 0 saturated heterocycles. The second-order valence-corrected chi connectivity index (χ2v) is 13.6. The smallest absolute Gasteiger partial charge is 0.164 e. The minimum Gasteiger partial charge on any atom is -0.455 e. The van der Waals surface area contributed by atoms with Gasteiger partial charge in [0, 0.05) is 55.7 Å². The van der Waals surface area contributed by atoms with Crippen LogP contribution in [0.3, 0.4) is 0 Å². The molecule has 0 spiro atoms. The Morgan fingerprint density at radius 2 is 0.696 bits per heavy atom. The molecule has 0 radical (unpaired) electrons. The van der Waals surface area contributed by atoms with E-state index in [0.717, 1.165) is 77.9 Å². The van der Waals surface area contributed by atoms with Crippen molar-refractivity contribution in [1.82, 2.24) is 15.0 Å². The van der Waals surface area contributed by atoms with Crippen molar-refractivity contribution in [2.75, 3.05) is 4.90 Å². The molecule has 5 heteroatoms. The molecule has 0 fully saturated rings. The Hall–Kier alpha value is -7.63. The number of fused-ring (bicyclic) bond motifs is 3. The highest BCUT2D eigenvalue weighted by Crippen LogP contribution is 2.42. The van der Waals surface area contributed by atoms with Gasteiger partial charge in [-0.3, -0.25) is 0 Å². The summed E-state index contributed by atoms with van der Waals surface area (Å²) in [7, 11) is 0. The largest absolute Gasteiger partial charge is 0.455 e. The second-order valence-electron chi connectivity index (χ2n) is 13.6. The highest BCUT2D eigenvalue weighted by atomic mass is 16.3. The van der Waals surface area contributed by atoms with Crippen LogP contribution in [0, 0.1) is 0 Å². The molecule has 8 aromatic carbocycles. The number of para-hydroxylation sites is 4. The van der Waals surface area contributed by atoms with E-state index in [0.29, 0.717) is 17.5 Å². The van der Waals surface area contributed by atoms with E-state index in [1.54, 1.807) is 0 Å². The van der Waals surface area contributed by atoms with Gasteiger partial charge in [0.15, 0.2) is 17.5 Å². The highest BCUT2D eigenvalue weighted by molar-refractivity contribution is 6.13. The average molecular weight is 719 g/mol. The summed E-state index contributed by atoms with van der Waals surface area (Å²) in [4.78, 5) is 17.1. The summed E-state index contributed by atoms with van der Waals surface area (Å²) in [6.45, 7) is 0. The molecule has 0 aliphatic heterocycles. The van der Waals surface area contributed by atoms with Crippen LogP contribution in [0.15, 0.2) is 211 Å². The van der Waals surface area contributed by atoms with E-state index < -0.39 is 0 Å². The van der Waals surface area contributed by atoms with Gasteiger partial charge in [-0.25, -0.2) is 15.0 Å². The van der Waals surface area contributed by atoms with E-state index in [4.69, 9.17) is 19.4 Å². The number of hydrogen-bond acceptors (Lipinski definition) is 5. The number of aromatic nitrogens is 3. The molecule has 10 aromatic rings. The van der Waals surface area contributed by atoms with Gasteiger partial charge in [0.05, 0.1) is 0 Å². The van der Waals surface area contributed by atoms with Crippen LogP contribution in [-0.4, -0.2) is 15.0 Å².